The molecule has 0 unspecified atom stereocenters. The molecular weight excluding hydrogens is 284 g/mol. The van der Waals surface area contributed by atoms with Crippen LogP contribution in [0.1, 0.15) is 33.2 Å². The fourth-order valence-corrected chi connectivity index (χ4v) is 2.61. The first-order valence-electron chi connectivity index (χ1n) is 6.72. The number of phenolic OH excluding ortho intramolecular Hbond substituents is 1. The van der Waals surface area contributed by atoms with Gasteiger partial charge in [0.2, 0.25) is 0 Å². The predicted molar refractivity (Wildman–Crippen MR) is 81.5 cm³/mol. The number of rotatable bonds is 2. The Kier molecular flexibility index (Phi) is 3.13. The molecule has 0 aliphatic rings. The summed E-state index contributed by atoms with van der Waals surface area (Å²) in [6.45, 7) is 3.23. The van der Waals surface area contributed by atoms with Crippen molar-refractivity contribution < 1.29 is 23.8 Å². The van der Waals surface area contributed by atoms with E-state index in [1.54, 1.807) is 18.2 Å². The van der Waals surface area contributed by atoms with Crippen LogP contribution in [0.5, 0.6) is 5.75 Å². The summed E-state index contributed by atoms with van der Waals surface area (Å²) in [7, 11) is 1.31. The van der Waals surface area contributed by atoms with Gasteiger partial charge in [-0.1, -0.05) is 6.07 Å². The number of carbonyl (C=O) groups excluding carboxylic acids is 2. The summed E-state index contributed by atoms with van der Waals surface area (Å²) in [5.74, 6) is -0.887. The second-order valence-corrected chi connectivity index (χ2v) is 5.15. The summed E-state index contributed by atoms with van der Waals surface area (Å²) < 4.78 is 10.6. The van der Waals surface area contributed by atoms with Crippen LogP contribution >= 0.6 is 0 Å². The van der Waals surface area contributed by atoms with Crippen LogP contribution in [0.25, 0.3) is 21.9 Å². The SMILES string of the molecule is COC(=O)c1ccc(C)c2oc3cc(O)c(C(C)=O)cc3c12. The number of phenols is 1. The van der Waals surface area contributed by atoms with E-state index in [1.165, 1.54) is 20.1 Å². The number of Topliss-reactive ketones (excluding diaryl/α,β-unsaturated/α-hetero) is 1. The molecule has 0 amide bonds. The van der Waals surface area contributed by atoms with E-state index in [0.29, 0.717) is 27.5 Å². The number of ketones is 1. The molecule has 0 saturated heterocycles. The molecule has 1 N–H and O–H groups in total. The molecule has 0 aliphatic carbocycles. The molecule has 0 bridgehead atoms. The van der Waals surface area contributed by atoms with Gasteiger partial charge in [0.05, 0.1) is 18.2 Å². The van der Waals surface area contributed by atoms with E-state index in [-0.39, 0.29) is 17.1 Å². The van der Waals surface area contributed by atoms with Gasteiger partial charge in [-0.05, 0) is 31.5 Å². The summed E-state index contributed by atoms with van der Waals surface area (Å²) in [6, 6.07) is 6.37. The van der Waals surface area contributed by atoms with E-state index in [1.807, 2.05) is 6.92 Å². The summed E-state index contributed by atoms with van der Waals surface area (Å²) in [5, 5.41) is 11.1. The molecule has 3 aromatic rings. The minimum absolute atomic E-state index is 0.142. The molecule has 1 aromatic heterocycles. The number of hydrogen-bond donors (Lipinski definition) is 1. The topological polar surface area (TPSA) is 76.7 Å². The van der Waals surface area contributed by atoms with Crippen LogP contribution in [0.2, 0.25) is 0 Å². The highest BCUT2D eigenvalue weighted by molar-refractivity contribution is 6.17. The van der Waals surface area contributed by atoms with E-state index < -0.39 is 5.97 Å². The number of methoxy groups -OCH3 is 1. The molecule has 1 heterocycles. The standard InChI is InChI=1S/C17H14O5/c1-8-4-5-10(17(20)21-3)15-12-6-11(9(2)18)13(19)7-14(12)22-16(8)15/h4-7,19H,1-3H3. The molecule has 112 valence electrons. The zero-order valence-electron chi connectivity index (χ0n) is 12.4. The van der Waals surface area contributed by atoms with Gasteiger partial charge in [0.15, 0.2) is 5.78 Å². The van der Waals surface area contributed by atoms with Crippen molar-refractivity contribution in [2.24, 2.45) is 0 Å². The Morgan fingerprint density at radius 3 is 2.55 bits per heavy atom. The molecule has 22 heavy (non-hydrogen) atoms. The summed E-state index contributed by atoms with van der Waals surface area (Å²) >= 11 is 0. The van der Waals surface area contributed by atoms with Crippen molar-refractivity contribution >= 4 is 33.7 Å². The number of ether oxygens (including phenoxy) is 1. The molecule has 5 heteroatoms. The monoisotopic (exact) mass is 298 g/mol. The van der Waals surface area contributed by atoms with E-state index in [4.69, 9.17) is 9.15 Å². The molecule has 0 spiro atoms. The molecule has 2 aromatic carbocycles. The van der Waals surface area contributed by atoms with Crippen molar-refractivity contribution in [2.75, 3.05) is 7.11 Å². The van der Waals surface area contributed by atoms with Gasteiger partial charge >= 0.3 is 5.97 Å². The number of fused-ring (bicyclic) bond motifs is 3. The Bertz CT molecular complexity index is 933. The van der Waals surface area contributed by atoms with Crippen molar-refractivity contribution in [2.45, 2.75) is 13.8 Å². The molecule has 5 nitrogen and oxygen atoms in total. The maximum Gasteiger partial charge on any atom is 0.338 e. The number of aryl methyl sites for hydroxylation is 1. The molecule has 0 atom stereocenters. The lowest BCUT2D eigenvalue weighted by Gasteiger charge is -2.03. The average Bonchev–Trinajstić information content (AvgIpc) is 2.85. The molecule has 3 rings (SSSR count). The van der Waals surface area contributed by atoms with E-state index in [9.17, 15) is 14.7 Å². The minimum atomic E-state index is -0.481. The van der Waals surface area contributed by atoms with Gasteiger partial charge in [-0.2, -0.15) is 0 Å². The van der Waals surface area contributed by atoms with Crippen molar-refractivity contribution in [3.8, 4) is 5.75 Å². The lowest BCUT2D eigenvalue weighted by Crippen LogP contribution is -2.02. The second kappa shape index (κ2) is 4.87. The number of benzene rings is 2. The highest BCUT2D eigenvalue weighted by Crippen LogP contribution is 2.37. The van der Waals surface area contributed by atoms with Crippen molar-refractivity contribution in [1.82, 2.24) is 0 Å². The fourth-order valence-electron chi connectivity index (χ4n) is 2.61. The number of aromatic hydroxyl groups is 1. The number of furan rings is 1. The Morgan fingerprint density at radius 1 is 1.18 bits per heavy atom. The van der Waals surface area contributed by atoms with Gasteiger partial charge in [-0.3, -0.25) is 4.79 Å². The fraction of sp³-hybridized carbons (Fsp3) is 0.176. The Balaban J connectivity index is 2.50. The van der Waals surface area contributed by atoms with Crippen LogP contribution in [-0.2, 0) is 4.74 Å². The van der Waals surface area contributed by atoms with Gasteiger partial charge in [0, 0.05) is 16.8 Å². The molecule has 0 aliphatic heterocycles. The Hall–Kier alpha value is -2.82. The van der Waals surface area contributed by atoms with Gasteiger partial charge in [0.1, 0.15) is 16.9 Å². The van der Waals surface area contributed by atoms with Crippen molar-refractivity contribution in [3.05, 3.63) is 41.0 Å². The first-order chi connectivity index (χ1) is 10.4. The lowest BCUT2D eigenvalue weighted by molar-refractivity contribution is 0.0603. The first kappa shape index (κ1) is 14.1. The van der Waals surface area contributed by atoms with Gasteiger partial charge in [-0.15, -0.1) is 0 Å². The smallest absolute Gasteiger partial charge is 0.338 e. The van der Waals surface area contributed by atoms with Crippen molar-refractivity contribution in [3.63, 3.8) is 0 Å². The van der Waals surface area contributed by atoms with Crippen LogP contribution in [0.4, 0.5) is 0 Å². The zero-order chi connectivity index (χ0) is 16.0. The molecular formula is C17H14O5. The van der Waals surface area contributed by atoms with Crippen molar-refractivity contribution in [1.29, 1.82) is 0 Å². The highest BCUT2D eigenvalue weighted by atomic mass is 16.5. The summed E-state index contributed by atoms with van der Waals surface area (Å²) in [5.41, 5.74) is 2.35. The third kappa shape index (κ3) is 1.94. The first-order valence-corrected chi connectivity index (χ1v) is 6.72. The average molecular weight is 298 g/mol. The van der Waals surface area contributed by atoms with Crippen LogP contribution in [0.15, 0.2) is 28.7 Å². The van der Waals surface area contributed by atoms with Gasteiger partial charge in [-0.25, -0.2) is 4.79 Å². The maximum absolute atomic E-state index is 12.0. The Labute approximate surface area is 126 Å². The summed E-state index contributed by atoms with van der Waals surface area (Å²) in [4.78, 5) is 23.6. The normalized spacial score (nSPS) is 11.0. The van der Waals surface area contributed by atoms with Gasteiger partial charge in [0.25, 0.3) is 0 Å². The quantitative estimate of drug-likeness (QED) is 0.578. The second-order valence-electron chi connectivity index (χ2n) is 5.15. The number of esters is 1. The van der Waals surface area contributed by atoms with E-state index >= 15 is 0 Å². The third-order valence-corrected chi connectivity index (χ3v) is 3.72. The Morgan fingerprint density at radius 2 is 1.91 bits per heavy atom. The molecule has 0 saturated carbocycles. The minimum Gasteiger partial charge on any atom is -0.507 e. The van der Waals surface area contributed by atoms with E-state index in [0.717, 1.165) is 5.56 Å². The predicted octanol–water partition coefficient (Wildman–Crippen LogP) is 3.59. The maximum atomic E-state index is 12.0. The highest BCUT2D eigenvalue weighted by Gasteiger charge is 2.20. The van der Waals surface area contributed by atoms with Crippen LogP contribution in [-0.4, -0.2) is 24.0 Å². The third-order valence-electron chi connectivity index (χ3n) is 3.72. The number of hydrogen-bond acceptors (Lipinski definition) is 5. The largest absolute Gasteiger partial charge is 0.507 e. The van der Waals surface area contributed by atoms with Gasteiger partial charge < -0.3 is 14.3 Å². The molecule has 0 fully saturated rings. The van der Waals surface area contributed by atoms with E-state index in [2.05, 4.69) is 0 Å². The van der Waals surface area contributed by atoms with Crippen LogP contribution < -0.4 is 0 Å². The zero-order valence-corrected chi connectivity index (χ0v) is 12.4. The van der Waals surface area contributed by atoms with Crippen LogP contribution in [0.3, 0.4) is 0 Å². The summed E-state index contributed by atoms with van der Waals surface area (Å²) in [6.07, 6.45) is 0. The molecule has 0 radical (unpaired) electrons. The van der Waals surface area contributed by atoms with Crippen LogP contribution in [0, 0.1) is 6.92 Å². The number of carbonyl (C=O) groups is 2. The lowest BCUT2D eigenvalue weighted by atomic mass is 10.0.